The maximum absolute atomic E-state index is 9.01. The highest BCUT2D eigenvalue weighted by Crippen LogP contribution is 2.19. The molecule has 4 heteroatoms. The molecule has 2 nitrogen and oxygen atoms in total. The first-order chi connectivity index (χ1) is 6.05. The molecule has 0 saturated heterocycles. The van der Waals surface area contributed by atoms with Crippen LogP contribution in [0.25, 0.3) is 0 Å². The van der Waals surface area contributed by atoms with E-state index in [4.69, 9.17) is 10.8 Å². The van der Waals surface area contributed by atoms with Gasteiger partial charge in [-0.15, -0.1) is 12.4 Å². The minimum absolute atomic E-state index is 0. The lowest BCUT2D eigenvalue weighted by Crippen LogP contribution is -2.42. The summed E-state index contributed by atoms with van der Waals surface area (Å²) in [5.41, 5.74) is 6.43. The molecule has 0 amide bonds. The van der Waals surface area contributed by atoms with E-state index >= 15 is 0 Å². The molecule has 0 aromatic heterocycles. The minimum Gasteiger partial charge on any atom is -0.394 e. The van der Waals surface area contributed by atoms with Gasteiger partial charge in [-0.2, -0.15) is 0 Å². The van der Waals surface area contributed by atoms with E-state index in [1.165, 1.54) is 0 Å². The van der Waals surface area contributed by atoms with E-state index in [-0.39, 0.29) is 19.0 Å². The van der Waals surface area contributed by atoms with E-state index in [2.05, 4.69) is 15.9 Å². The summed E-state index contributed by atoms with van der Waals surface area (Å²) in [5, 5.41) is 9.01. The Kier molecular flexibility index (Phi) is 5.67. The second-order valence-corrected chi connectivity index (χ2v) is 4.43. The van der Waals surface area contributed by atoms with E-state index < -0.39 is 5.54 Å². The number of aliphatic hydroxyl groups is 1. The highest BCUT2D eigenvalue weighted by Gasteiger charge is 2.18. The average Bonchev–Trinajstić information content (AvgIpc) is 2.09. The van der Waals surface area contributed by atoms with Crippen LogP contribution in [0.15, 0.2) is 28.7 Å². The Morgan fingerprint density at radius 3 is 2.50 bits per heavy atom. The van der Waals surface area contributed by atoms with Gasteiger partial charge < -0.3 is 10.8 Å². The Labute approximate surface area is 99.0 Å². The Morgan fingerprint density at radius 2 is 2.00 bits per heavy atom. The molecular weight excluding hydrogens is 265 g/mol. The predicted octanol–water partition coefficient (Wildman–Crippen LogP) is 2.12. The molecule has 0 aliphatic heterocycles. The van der Waals surface area contributed by atoms with Crippen molar-refractivity contribution in [1.82, 2.24) is 0 Å². The third-order valence-corrected chi connectivity index (χ3v) is 2.69. The van der Waals surface area contributed by atoms with Gasteiger partial charge in [0.2, 0.25) is 0 Å². The van der Waals surface area contributed by atoms with Gasteiger partial charge in [-0.25, -0.2) is 0 Å². The van der Waals surface area contributed by atoms with E-state index in [1.54, 1.807) is 0 Å². The first kappa shape index (κ1) is 13.9. The number of aliphatic hydroxyl groups excluding tert-OH is 1. The monoisotopic (exact) mass is 279 g/mol. The second kappa shape index (κ2) is 5.71. The van der Waals surface area contributed by atoms with Gasteiger partial charge in [0.05, 0.1) is 6.61 Å². The molecule has 1 atom stereocenters. The molecule has 3 N–H and O–H groups in total. The lowest BCUT2D eigenvalue weighted by Gasteiger charge is -2.22. The molecule has 1 rings (SSSR count). The van der Waals surface area contributed by atoms with Gasteiger partial charge in [0.15, 0.2) is 0 Å². The van der Waals surface area contributed by atoms with Gasteiger partial charge in [-0.3, -0.25) is 0 Å². The average molecular weight is 281 g/mol. The number of rotatable bonds is 3. The van der Waals surface area contributed by atoms with Crippen molar-refractivity contribution in [2.24, 2.45) is 5.73 Å². The molecule has 0 saturated carbocycles. The highest BCUT2D eigenvalue weighted by atomic mass is 79.9. The second-order valence-electron chi connectivity index (χ2n) is 3.58. The topological polar surface area (TPSA) is 46.2 Å². The highest BCUT2D eigenvalue weighted by molar-refractivity contribution is 9.10. The van der Waals surface area contributed by atoms with Crippen molar-refractivity contribution in [3.8, 4) is 0 Å². The van der Waals surface area contributed by atoms with Crippen molar-refractivity contribution in [2.45, 2.75) is 18.9 Å². The SMILES string of the molecule is CC(N)(CO)Cc1ccccc1Br.Cl. The zero-order valence-corrected chi connectivity index (χ0v) is 10.4. The third-order valence-electron chi connectivity index (χ3n) is 1.91. The van der Waals surface area contributed by atoms with E-state index in [0.717, 1.165) is 10.0 Å². The van der Waals surface area contributed by atoms with Crippen LogP contribution in [0.1, 0.15) is 12.5 Å². The van der Waals surface area contributed by atoms with E-state index in [9.17, 15) is 0 Å². The predicted molar refractivity (Wildman–Crippen MR) is 64.8 cm³/mol. The minimum atomic E-state index is -0.538. The first-order valence-electron chi connectivity index (χ1n) is 4.18. The Balaban J connectivity index is 0.00000169. The maximum Gasteiger partial charge on any atom is 0.0611 e. The first-order valence-corrected chi connectivity index (χ1v) is 4.97. The molecule has 0 radical (unpaired) electrons. The van der Waals surface area contributed by atoms with E-state index in [1.807, 2.05) is 31.2 Å². The summed E-state index contributed by atoms with van der Waals surface area (Å²) in [7, 11) is 0. The van der Waals surface area contributed by atoms with Gasteiger partial charge in [-0.1, -0.05) is 34.1 Å². The lowest BCUT2D eigenvalue weighted by molar-refractivity contribution is 0.208. The molecule has 0 bridgehead atoms. The third kappa shape index (κ3) is 3.96. The summed E-state index contributed by atoms with van der Waals surface area (Å²) < 4.78 is 1.04. The molecule has 80 valence electrons. The summed E-state index contributed by atoms with van der Waals surface area (Å²) in [6.45, 7) is 1.83. The van der Waals surface area contributed by atoms with E-state index in [0.29, 0.717) is 6.42 Å². The van der Waals surface area contributed by atoms with Crippen molar-refractivity contribution in [3.63, 3.8) is 0 Å². The summed E-state index contributed by atoms with van der Waals surface area (Å²) in [4.78, 5) is 0. The van der Waals surface area contributed by atoms with Gasteiger partial charge >= 0.3 is 0 Å². The number of nitrogens with two attached hydrogens (primary N) is 1. The normalized spacial score (nSPS) is 14.3. The van der Waals surface area contributed by atoms with Gasteiger partial charge in [0.25, 0.3) is 0 Å². The summed E-state index contributed by atoms with van der Waals surface area (Å²) in [5.74, 6) is 0. The van der Waals surface area contributed by atoms with Crippen LogP contribution < -0.4 is 5.73 Å². The maximum atomic E-state index is 9.01. The quantitative estimate of drug-likeness (QED) is 0.891. The summed E-state index contributed by atoms with van der Waals surface area (Å²) in [6, 6.07) is 7.90. The molecule has 0 heterocycles. The van der Waals surface area contributed by atoms with Crippen LogP contribution in [0.2, 0.25) is 0 Å². The molecule has 0 aliphatic carbocycles. The standard InChI is InChI=1S/C10H14BrNO.ClH/c1-10(12,7-13)6-8-4-2-3-5-9(8)11;/h2-5,13H,6-7,12H2,1H3;1H. The molecule has 0 fully saturated rings. The number of halogens is 2. The molecular formula is C10H15BrClNO. The fraction of sp³-hybridized carbons (Fsp3) is 0.400. The molecule has 14 heavy (non-hydrogen) atoms. The summed E-state index contributed by atoms with van der Waals surface area (Å²) >= 11 is 3.44. The zero-order valence-electron chi connectivity index (χ0n) is 8.03. The van der Waals surface area contributed by atoms with Gasteiger partial charge in [-0.05, 0) is 25.0 Å². The van der Waals surface area contributed by atoms with Crippen molar-refractivity contribution in [1.29, 1.82) is 0 Å². The molecule has 1 aromatic carbocycles. The zero-order chi connectivity index (χ0) is 9.90. The fourth-order valence-corrected chi connectivity index (χ4v) is 1.56. The largest absolute Gasteiger partial charge is 0.394 e. The van der Waals surface area contributed by atoms with Crippen LogP contribution in [-0.4, -0.2) is 17.3 Å². The Hall–Kier alpha value is -0.0900. The molecule has 0 aliphatic rings. The van der Waals surface area contributed by atoms with Crippen LogP contribution in [0, 0.1) is 0 Å². The van der Waals surface area contributed by atoms with Gasteiger partial charge in [0.1, 0.15) is 0 Å². The fourth-order valence-electron chi connectivity index (χ4n) is 1.13. The Morgan fingerprint density at radius 1 is 1.43 bits per heavy atom. The smallest absolute Gasteiger partial charge is 0.0611 e. The van der Waals surface area contributed by atoms with Crippen molar-refractivity contribution in [2.75, 3.05) is 6.61 Å². The summed E-state index contributed by atoms with van der Waals surface area (Å²) in [6.07, 6.45) is 0.672. The van der Waals surface area contributed by atoms with Crippen LogP contribution >= 0.6 is 28.3 Å². The molecule has 1 aromatic rings. The van der Waals surface area contributed by atoms with Crippen LogP contribution in [-0.2, 0) is 6.42 Å². The van der Waals surface area contributed by atoms with Gasteiger partial charge in [0, 0.05) is 10.0 Å². The number of hydrogen-bond donors (Lipinski definition) is 2. The van der Waals surface area contributed by atoms with Crippen molar-refractivity contribution < 1.29 is 5.11 Å². The Bertz CT molecular complexity index is 291. The molecule has 0 spiro atoms. The number of benzene rings is 1. The van der Waals surface area contributed by atoms with Crippen LogP contribution in [0.3, 0.4) is 0 Å². The van der Waals surface area contributed by atoms with Crippen molar-refractivity contribution >= 4 is 28.3 Å². The van der Waals surface area contributed by atoms with Crippen molar-refractivity contribution in [3.05, 3.63) is 34.3 Å². The van der Waals surface area contributed by atoms with Crippen LogP contribution in [0.4, 0.5) is 0 Å². The number of hydrogen-bond acceptors (Lipinski definition) is 2. The lowest BCUT2D eigenvalue weighted by atomic mass is 9.95. The van der Waals surface area contributed by atoms with Crippen LogP contribution in [0.5, 0.6) is 0 Å². The molecule has 1 unspecified atom stereocenters.